The normalized spacial score (nSPS) is 19.8. The number of hydrogen-bond acceptors (Lipinski definition) is 3. The van der Waals surface area contributed by atoms with Gasteiger partial charge in [-0.3, -0.25) is 0 Å². The molecule has 0 saturated carbocycles. The van der Waals surface area contributed by atoms with Crippen LogP contribution in [0.1, 0.15) is 30.4 Å². The quantitative estimate of drug-likeness (QED) is 0.900. The zero-order valence-corrected chi connectivity index (χ0v) is 12.5. The minimum absolute atomic E-state index is 0.209. The Morgan fingerprint density at radius 1 is 1.50 bits per heavy atom. The third-order valence-electron chi connectivity index (χ3n) is 3.65. The van der Waals surface area contributed by atoms with E-state index in [0.29, 0.717) is 11.8 Å². The largest absolute Gasteiger partial charge is 0.504 e. The molecule has 1 atom stereocenters. The number of benzene rings is 1. The van der Waals surface area contributed by atoms with Crippen molar-refractivity contribution in [2.45, 2.75) is 38.6 Å². The zero-order valence-electron chi connectivity index (χ0n) is 10.9. The van der Waals surface area contributed by atoms with Gasteiger partial charge >= 0.3 is 0 Å². The van der Waals surface area contributed by atoms with Crippen molar-refractivity contribution in [3.63, 3.8) is 0 Å². The number of phenols is 1. The first kappa shape index (κ1) is 13.7. The van der Waals surface area contributed by atoms with Gasteiger partial charge in [-0.15, -0.1) is 0 Å². The molecule has 0 aromatic heterocycles. The fourth-order valence-corrected chi connectivity index (χ4v) is 3.04. The van der Waals surface area contributed by atoms with Crippen LogP contribution in [0.3, 0.4) is 0 Å². The molecule has 0 amide bonds. The van der Waals surface area contributed by atoms with Crippen LogP contribution in [0.2, 0.25) is 0 Å². The number of piperidine rings is 1. The Labute approximate surface area is 117 Å². The topological polar surface area (TPSA) is 41.5 Å². The minimum atomic E-state index is 0.209. The van der Waals surface area contributed by atoms with Crippen LogP contribution in [0.5, 0.6) is 11.5 Å². The fourth-order valence-electron chi connectivity index (χ4n) is 2.58. The van der Waals surface area contributed by atoms with Crippen LogP contribution in [-0.4, -0.2) is 24.8 Å². The lowest BCUT2D eigenvalue weighted by Crippen LogP contribution is -2.35. The van der Waals surface area contributed by atoms with Gasteiger partial charge in [0.25, 0.3) is 0 Å². The third-order valence-corrected chi connectivity index (χ3v) is 4.47. The van der Waals surface area contributed by atoms with Gasteiger partial charge < -0.3 is 15.2 Å². The SMILES string of the molecule is COc1c(O)cc(Br)c(C)c1CC1CCCCN1. The molecule has 3 nitrogen and oxygen atoms in total. The molecule has 2 N–H and O–H groups in total. The number of ether oxygens (including phenoxy) is 1. The van der Waals surface area contributed by atoms with Crippen molar-refractivity contribution < 1.29 is 9.84 Å². The molecule has 4 heteroatoms. The first-order valence-corrected chi connectivity index (χ1v) is 7.21. The van der Waals surface area contributed by atoms with Gasteiger partial charge in [0, 0.05) is 16.1 Å². The summed E-state index contributed by atoms with van der Waals surface area (Å²) in [5.74, 6) is 0.823. The lowest BCUT2D eigenvalue weighted by Gasteiger charge is -2.25. The molecule has 0 spiro atoms. The number of nitrogens with one attached hydrogen (secondary N) is 1. The summed E-state index contributed by atoms with van der Waals surface area (Å²) in [6.45, 7) is 3.15. The van der Waals surface area contributed by atoms with Crippen LogP contribution in [0.15, 0.2) is 10.5 Å². The van der Waals surface area contributed by atoms with Crippen molar-refractivity contribution in [3.8, 4) is 11.5 Å². The summed E-state index contributed by atoms with van der Waals surface area (Å²) in [7, 11) is 1.61. The van der Waals surface area contributed by atoms with E-state index >= 15 is 0 Å². The molecule has 1 aliphatic rings. The van der Waals surface area contributed by atoms with Crippen molar-refractivity contribution in [2.24, 2.45) is 0 Å². The van der Waals surface area contributed by atoms with Gasteiger partial charge in [0.15, 0.2) is 11.5 Å². The number of aromatic hydroxyl groups is 1. The molecule has 18 heavy (non-hydrogen) atoms. The fraction of sp³-hybridized carbons (Fsp3) is 0.571. The summed E-state index contributed by atoms with van der Waals surface area (Å²) in [5, 5.41) is 13.5. The Morgan fingerprint density at radius 3 is 2.89 bits per heavy atom. The van der Waals surface area contributed by atoms with Crippen molar-refractivity contribution in [1.82, 2.24) is 5.32 Å². The second-order valence-corrected chi connectivity index (χ2v) is 5.72. The van der Waals surface area contributed by atoms with Crippen LogP contribution < -0.4 is 10.1 Å². The maximum atomic E-state index is 9.95. The lowest BCUT2D eigenvalue weighted by molar-refractivity contribution is 0.358. The van der Waals surface area contributed by atoms with Gasteiger partial charge in [-0.05, 0) is 44.4 Å². The van der Waals surface area contributed by atoms with Gasteiger partial charge in [-0.25, -0.2) is 0 Å². The van der Waals surface area contributed by atoms with Crippen molar-refractivity contribution >= 4 is 15.9 Å². The van der Waals surface area contributed by atoms with Crippen molar-refractivity contribution in [3.05, 3.63) is 21.7 Å². The van der Waals surface area contributed by atoms with E-state index in [2.05, 4.69) is 28.2 Å². The van der Waals surface area contributed by atoms with E-state index in [1.54, 1.807) is 13.2 Å². The Kier molecular flexibility index (Phi) is 4.51. The van der Waals surface area contributed by atoms with Gasteiger partial charge in [0.05, 0.1) is 7.11 Å². The maximum absolute atomic E-state index is 9.95. The first-order chi connectivity index (χ1) is 8.63. The molecule has 2 rings (SSSR count). The third kappa shape index (κ3) is 2.81. The zero-order chi connectivity index (χ0) is 13.1. The average molecular weight is 314 g/mol. The van der Waals surface area contributed by atoms with E-state index < -0.39 is 0 Å². The lowest BCUT2D eigenvalue weighted by atomic mass is 9.94. The van der Waals surface area contributed by atoms with Crippen molar-refractivity contribution in [1.29, 1.82) is 0 Å². The predicted octanol–water partition coefficient (Wildman–Crippen LogP) is 3.16. The minimum Gasteiger partial charge on any atom is -0.504 e. The van der Waals surface area contributed by atoms with Gasteiger partial charge in [-0.1, -0.05) is 22.4 Å². The molecule has 0 aliphatic carbocycles. The van der Waals surface area contributed by atoms with Crippen LogP contribution in [0, 0.1) is 6.92 Å². The Hall–Kier alpha value is -0.740. The second kappa shape index (κ2) is 5.93. The van der Waals surface area contributed by atoms with E-state index in [1.165, 1.54) is 19.3 Å². The van der Waals surface area contributed by atoms with Crippen molar-refractivity contribution in [2.75, 3.05) is 13.7 Å². The number of hydrogen-bond donors (Lipinski definition) is 2. The molecule has 1 aromatic carbocycles. The smallest absolute Gasteiger partial charge is 0.164 e. The number of rotatable bonds is 3. The number of halogens is 1. The molecule has 1 fully saturated rings. The first-order valence-electron chi connectivity index (χ1n) is 6.41. The standard InChI is InChI=1S/C14H20BrNO2/c1-9-11(7-10-5-3-4-6-16-10)14(18-2)13(17)8-12(9)15/h8,10,16-17H,3-7H2,1-2H3. The molecule has 1 aliphatic heterocycles. The van der Waals surface area contributed by atoms with E-state index in [4.69, 9.17) is 4.74 Å². The highest BCUT2D eigenvalue weighted by molar-refractivity contribution is 9.10. The van der Waals surface area contributed by atoms with Crippen LogP contribution in [0.25, 0.3) is 0 Å². The highest BCUT2D eigenvalue weighted by atomic mass is 79.9. The summed E-state index contributed by atoms with van der Waals surface area (Å²) in [6.07, 6.45) is 4.63. The van der Waals surface area contributed by atoms with E-state index in [1.807, 2.05) is 0 Å². The van der Waals surface area contributed by atoms with Crippen LogP contribution in [0.4, 0.5) is 0 Å². The van der Waals surface area contributed by atoms with Crippen LogP contribution >= 0.6 is 15.9 Å². The summed E-state index contributed by atoms with van der Waals surface area (Å²) in [4.78, 5) is 0. The molecule has 0 radical (unpaired) electrons. The highest BCUT2D eigenvalue weighted by Crippen LogP contribution is 2.38. The molecule has 100 valence electrons. The second-order valence-electron chi connectivity index (χ2n) is 4.87. The van der Waals surface area contributed by atoms with E-state index in [9.17, 15) is 5.11 Å². The molecule has 1 unspecified atom stereocenters. The summed E-state index contributed by atoms with van der Waals surface area (Å²) < 4.78 is 6.29. The molecule has 1 aromatic rings. The monoisotopic (exact) mass is 313 g/mol. The number of methoxy groups -OCH3 is 1. The maximum Gasteiger partial charge on any atom is 0.164 e. The summed E-state index contributed by atoms with van der Waals surface area (Å²) >= 11 is 3.49. The molecular weight excluding hydrogens is 294 g/mol. The van der Waals surface area contributed by atoms with E-state index in [-0.39, 0.29) is 5.75 Å². The average Bonchev–Trinajstić information content (AvgIpc) is 2.37. The predicted molar refractivity (Wildman–Crippen MR) is 76.4 cm³/mol. The summed E-state index contributed by atoms with van der Waals surface area (Å²) in [5.41, 5.74) is 2.25. The summed E-state index contributed by atoms with van der Waals surface area (Å²) in [6, 6.07) is 2.19. The molecule has 1 saturated heterocycles. The van der Waals surface area contributed by atoms with Gasteiger partial charge in [-0.2, -0.15) is 0 Å². The highest BCUT2D eigenvalue weighted by Gasteiger charge is 2.20. The van der Waals surface area contributed by atoms with E-state index in [0.717, 1.165) is 28.6 Å². The van der Waals surface area contributed by atoms with Gasteiger partial charge in [0.2, 0.25) is 0 Å². The molecule has 0 bridgehead atoms. The van der Waals surface area contributed by atoms with Gasteiger partial charge in [0.1, 0.15) is 0 Å². The molecular formula is C14H20BrNO2. The Balaban J connectivity index is 2.29. The Bertz CT molecular complexity index is 428. The number of phenolic OH excluding ortho intramolecular Hbond substituents is 1. The Morgan fingerprint density at radius 2 is 2.28 bits per heavy atom. The van der Waals surface area contributed by atoms with Crippen LogP contribution in [-0.2, 0) is 6.42 Å². The molecule has 1 heterocycles.